The Morgan fingerprint density at radius 1 is 1.35 bits per heavy atom. The molecular weight excluding hydrogens is 244 g/mol. The van der Waals surface area contributed by atoms with Crippen LogP contribution in [0.5, 0.6) is 0 Å². The molecule has 0 unspecified atom stereocenters. The molecule has 0 aliphatic heterocycles. The topological polar surface area (TPSA) is 69.7 Å². The van der Waals surface area contributed by atoms with E-state index in [1.54, 1.807) is 6.92 Å². The van der Waals surface area contributed by atoms with Crippen LogP contribution in [0.2, 0.25) is 0 Å². The zero-order valence-electron chi connectivity index (χ0n) is 10.6. The van der Waals surface area contributed by atoms with Crippen LogP contribution in [0.15, 0.2) is 0 Å². The number of carbonyl (C=O) groups excluding carboxylic acids is 1. The van der Waals surface area contributed by atoms with Gasteiger partial charge in [0, 0.05) is 0 Å². The van der Waals surface area contributed by atoms with Gasteiger partial charge in [-0.25, -0.2) is 0 Å². The van der Waals surface area contributed by atoms with Crippen molar-refractivity contribution >= 4 is 16.1 Å². The Balaban J connectivity index is 2.52. The molecule has 0 heterocycles. The number of ether oxygens (including phenoxy) is 1. The molecule has 1 aliphatic rings. The third-order valence-electron chi connectivity index (χ3n) is 3.12. The minimum absolute atomic E-state index is 0.196. The quantitative estimate of drug-likeness (QED) is 0.568. The molecule has 5 nitrogen and oxygen atoms in total. The average molecular weight is 264 g/mol. The number of carbonyl (C=O) groups is 1. The Morgan fingerprint density at radius 2 is 1.88 bits per heavy atom. The summed E-state index contributed by atoms with van der Waals surface area (Å²) in [4.78, 5) is 11.7. The first kappa shape index (κ1) is 14.4. The van der Waals surface area contributed by atoms with Gasteiger partial charge in [0.25, 0.3) is 10.1 Å². The first-order valence-electron chi connectivity index (χ1n) is 5.82. The Kier molecular flexibility index (Phi) is 4.55. The van der Waals surface area contributed by atoms with Crippen molar-refractivity contribution in [2.45, 2.75) is 45.6 Å². The molecule has 0 N–H and O–H groups in total. The molecule has 0 amide bonds. The second-order valence-electron chi connectivity index (χ2n) is 4.78. The van der Waals surface area contributed by atoms with Crippen LogP contribution in [0.25, 0.3) is 0 Å². The molecule has 0 atom stereocenters. The van der Waals surface area contributed by atoms with Gasteiger partial charge in [-0.3, -0.25) is 8.98 Å². The summed E-state index contributed by atoms with van der Waals surface area (Å²) in [5.74, 6) is -0.196. The predicted molar refractivity (Wildman–Crippen MR) is 62.9 cm³/mol. The second kappa shape index (κ2) is 5.35. The molecule has 0 spiro atoms. The van der Waals surface area contributed by atoms with E-state index in [1.807, 2.05) is 6.92 Å². The number of rotatable bonds is 4. The smallest absolute Gasteiger partial charge is 0.311 e. The molecule has 1 saturated carbocycles. The Labute approximate surface area is 103 Å². The zero-order valence-corrected chi connectivity index (χ0v) is 11.4. The average Bonchev–Trinajstić information content (AvgIpc) is 2.20. The van der Waals surface area contributed by atoms with Gasteiger partial charge in [-0.1, -0.05) is 0 Å². The van der Waals surface area contributed by atoms with Gasteiger partial charge in [0.2, 0.25) is 0 Å². The van der Waals surface area contributed by atoms with E-state index in [2.05, 4.69) is 0 Å². The lowest BCUT2D eigenvalue weighted by molar-refractivity contribution is -0.157. The minimum Gasteiger partial charge on any atom is -0.466 e. The molecule has 17 heavy (non-hydrogen) atoms. The monoisotopic (exact) mass is 264 g/mol. The van der Waals surface area contributed by atoms with E-state index in [0.29, 0.717) is 32.3 Å². The summed E-state index contributed by atoms with van der Waals surface area (Å²) in [6, 6.07) is 0. The second-order valence-corrected chi connectivity index (χ2v) is 6.38. The van der Waals surface area contributed by atoms with E-state index in [4.69, 9.17) is 8.92 Å². The lowest BCUT2D eigenvalue weighted by Gasteiger charge is -2.34. The van der Waals surface area contributed by atoms with Gasteiger partial charge < -0.3 is 4.74 Å². The Bertz CT molecular complexity index is 365. The maximum Gasteiger partial charge on any atom is 0.311 e. The predicted octanol–water partition coefficient (Wildman–Crippen LogP) is 1.47. The highest BCUT2D eigenvalue weighted by Crippen LogP contribution is 2.38. The maximum atomic E-state index is 11.7. The molecule has 6 heteroatoms. The van der Waals surface area contributed by atoms with E-state index in [1.165, 1.54) is 0 Å². The first-order chi connectivity index (χ1) is 7.77. The van der Waals surface area contributed by atoms with Gasteiger partial charge >= 0.3 is 5.97 Å². The van der Waals surface area contributed by atoms with Crippen LogP contribution in [0.3, 0.4) is 0 Å². The van der Waals surface area contributed by atoms with Crippen molar-refractivity contribution < 1.29 is 22.1 Å². The van der Waals surface area contributed by atoms with Gasteiger partial charge in [-0.05, 0) is 39.5 Å². The number of esters is 1. The molecule has 1 fully saturated rings. The summed E-state index contributed by atoms with van der Waals surface area (Å²) < 4.78 is 31.9. The highest BCUT2D eigenvalue weighted by Gasteiger charge is 2.39. The van der Waals surface area contributed by atoms with Crippen molar-refractivity contribution in [3.8, 4) is 0 Å². The van der Waals surface area contributed by atoms with Crippen molar-refractivity contribution in [2.24, 2.45) is 5.41 Å². The third-order valence-corrected chi connectivity index (χ3v) is 3.74. The van der Waals surface area contributed by atoms with Gasteiger partial charge in [0.1, 0.15) is 0 Å². The molecule has 0 saturated heterocycles. The summed E-state index contributed by atoms with van der Waals surface area (Å²) in [5, 5.41) is 0. The van der Waals surface area contributed by atoms with Crippen LogP contribution in [0, 0.1) is 5.41 Å². The van der Waals surface area contributed by atoms with E-state index in [9.17, 15) is 13.2 Å². The highest BCUT2D eigenvalue weighted by molar-refractivity contribution is 7.86. The van der Waals surface area contributed by atoms with Crippen LogP contribution < -0.4 is 0 Å². The Hall–Kier alpha value is -0.620. The molecule has 0 aromatic heterocycles. The number of hydrogen-bond acceptors (Lipinski definition) is 5. The summed E-state index contributed by atoms with van der Waals surface area (Å²) in [6.07, 6.45) is 3.10. The molecule has 100 valence electrons. The molecule has 0 bridgehead atoms. The molecule has 0 aromatic rings. The van der Waals surface area contributed by atoms with Crippen molar-refractivity contribution in [1.82, 2.24) is 0 Å². The van der Waals surface area contributed by atoms with Gasteiger partial charge in [-0.2, -0.15) is 8.42 Å². The van der Waals surface area contributed by atoms with E-state index < -0.39 is 15.5 Å². The summed E-state index contributed by atoms with van der Waals surface area (Å²) in [6.45, 7) is 4.01. The fourth-order valence-electron chi connectivity index (χ4n) is 2.08. The van der Waals surface area contributed by atoms with Crippen molar-refractivity contribution in [3.63, 3.8) is 0 Å². The molecule has 0 radical (unpaired) electrons. The van der Waals surface area contributed by atoms with Gasteiger partial charge in [-0.15, -0.1) is 0 Å². The maximum absolute atomic E-state index is 11.7. The van der Waals surface area contributed by atoms with Crippen LogP contribution in [-0.2, 0) is 23.8 Å². The lowest BCUT2D eigenvalue weighted by atomic mass is 9.75. The Morgan fingerprint density at radius 3 is 2.29 bits per heavy atom. The van der Waals surface area contributed by atoms with E-state index >= 15 is 0 Å². The zero-order chi connectivity index (χ0) is 13.1. The molecule has 0 aromatic carbocycles. The van der Waals surface area contributed by atoms with Crippen LogP contribution in [0.1, 0.15) is 39.5 Å². The fraction of sp³-hybridized carbons (Fsp3) is 0.909. The summed E-state index contributed by atoms with van der Waals surface area (Å²) in [7, 11) is -3.41. The largest absolute Gasteiger partial charge is 0.466 e. The summed E-state index contributed by atoms with van der Waals surface area (Å²) in [5.41, 5.74) is -0.493. The molecule has 1 aliphatic carbocycles. The molecule has 1 rings (SSSR count). The normalized spacial score (nSPS) is 29.9. The first-order valence-corrected chi connectivity index (χ1v) is 7.64. The standard InChI is InChI=1S/C11H20O5S/c1-4-15-10(12)11(2)7-5-9(6-8-11)16-17(3,13)14/h9H,4-8H2,1-3H3/t9-,11+. The van der Waals surface area contributed by atoms with E-state index in [-0.39, 0.29) is 12.1 Å². The van der Waals surface area contributed by atoms with Gasteiger partial charge in [0.05, 0.1) is 24.4 Å². The molecular formula is C11H20O5S. The third kappa shape index (κ3) is 4.27. The highest BCUT2D eigenvalue weighted by atomic mass is 32.2. The van der Waals surface area contributed by atoms with Crippen molar-refractivity contribution in [2.75, 3.05) is 12.9 Å². The van der Waals surface area contributed by atoms with Crippen LogP contribution >= 0.6 is 0 Å². The fourth-order valence-corrected chi connectivity index (χ4v) is 2.77. The van der Waals surface area contributed by atoms with Crippen molar-refractivity contribution in [1.29, 1.82) is 0 Å². The summed E-state index contributed by atoms with van der Waals surface area (Å²) >= 11 is 0. The van der Waals surface area contributed by atoms with Crippen molar-refractivity contribution in [3.05, 3.63) is 0 Å². The van der Waals surface area contributed by atoms with Crippen LogP contribution in [0.4, 0.5) is 0 Å². The van der Waals surface area contributed by atoms with E-state index in [0.717, 1.165) is 6.26 Å². The van der Waals surface area contributed by atoms with Gasteiger partial charge in [0.15, 0.2) is 0 Å². The SMILES string of the molecule is CCOC(=O)[C@]1(C)CC[C@H](OS(C)(=O)=O)CC1. The lowest BCUT2D eigenvalue weighted by Crippen LogP contribution is -2.37. The van der Waals surface area contributed by atoms with Crippen LogP contribution in [-0.4, -0.2) is 33.4 Å². The minimum atomic E-state index is -3.41. The number of hydrogen-bond donors (Lipinski definition) is 0.